The Bertz CT molecular complexity index is 233. The van der Waals surface area contributed by atoms with Crippen molar-refractivity contribution in [3.63, 3.8) is 0 Å². The van der Waals surface area contributed by atoms with E-state index in [1.807, 2.05) is 0 Å². The Morgan fingerprint density at radius 1 is 1.45 bits per heavy atom. The van der Waals surface area contributed by atoms with Crippen LogP contribution in [0.25, 0.3) is 0 Å². The third-order valence-electron chi connectivity index (χ3n) is 2.80. The fourth-order valence-electron chi connectivity index (χ4n) is 2.36. The van der Waals surface area contributed by atoms with E-state index in [0.717, 1.165) is 6.42 Å². The van der Waals surface area contributed by atoms with Gasteiger partial charge in [0.2, 0.25) is 0 Å². The molecule has 2 bridgehead atoms. The van der Waals surface area contributed by atoms with Crippen molar-refractivity contribution < 1.29 is 5.11 Å². The summed E-state index contributed by atoms with van der Waals surface area (Å²) in [5, 5.41) is 9.55. The van der Waals surface area contributed by atoms with Crippen LogP contribution in [0.3, 0.4) is 0 Å². The third-order valence-corrected chi connectivity index (χ3v) is 2.80. The zero-order valence-corrected chi connectivity index (χ0v) is 7.04. The Morgan fingerprint density at radius 3 is 2.45 bits per heavy atom. The second-order valence-electron chi connectivity index (χ2n) is 3.78. The second-order valence-corrected chi connectivity index (χ2v) is 3.78. The van der Waals surface area contributed by atoms with Crippen molar-refractivity contribution in [1.82, 2.24) is 0 Å². The summed E-state index contributed by atoms with van der Waals surface area (Å²) in [5.41, 5.74) is 2.86. The molecule has 1 nitrogen and oxygen atoms in total. The number of hydrogen-bond donors (Lipinski definition) is 1. The average molecular weight is 150 g/mol. The third kappa shape index (κ3) is 0.875. The normalized spacial score (nSPS) is 40.3. The van der Waals surface area contributed by atoms with Crippen LogP contribution >= 0.6 is 0 Å². The second kappa shape index (κ2) is 2.21. The van der Waals surface area contributed by atoms with E-state index in [-0.39, 0.29) is 6.10 Å². The molecule has 1 saturated carbocycles. The number of aliphatic hydroxyl groups is 1. The Labute approximate surface area is 67.4 Å². The number of fused-ring (bicyclic) bond motifs is 2. The largest absolute Gasteiger partial charge is 0.392 e. The van der Waals surface area contributed by atoms with Gasteiger partial charge in [-0.15, -0.1) is 0 Å². The van der Waals surface area contributed by atoms with Crippen LogP contribution in [-0.2, 0) is 0 Å². The predicted octanol–water partition coefficient (Wildman–Crippen LogP) is 1.89. The van der Waals surface area contributed by atoms with Crippen molar-refractivity contribution in [3.05, 3.63) is 23.3 Å². The van der Waals surface area contributed by atoms with Crippen LogP contribution in [0.2, 0.25) is 0 Å². The lowest BCUT2D eigenvalue weighted by Gasteiger charge is -2.09. The maximum Gasteiger partial charge on any atom is 0.0649 e. The quantitative estimate of drug-likeness (QED) is 0.523. The van der Waals surface area contributed by atoms with Crippen LogP contribution in [0.4, 0.5) is 0 Å². The van der Waals surface area contributed by atoms with Crippen LogP contribution in [-0.4, -0.2) is 11.2 Å². The summed E-state index contributed by atoms with van der Waals surface area (Å²) in [6.07, 6.45) is 5.23. The molecule has 0 heterocycles. The maximum atomic E-state index is 9.55. The first-order valence-electron chi connectivity index (χ1n) is 4.24. The first-order chi connectivity index (χ1) is 5.20. The molecule has 2 rings (SSSR count). The molecule has 0 radical (unpaired) electrons. The number of hydrogen-bond acceptors (Lipinski definition) is 1. The molecule has 3 atom stereocenters. The number of rotatable bonds is 0. The highest BCUT2D eigenvalue weighted by atomic mass is 16.3. The van der Waals surface area contributed by atoms with Crippen LogP contribution in [0.1, 0.15) is 20.3 Å². The van der Waals surface area contributed by atoms with Gasteiger partial charge >= 0.3 is 0 Å². The van der Waals surface area contributed by atoms with E-state index in [4.69, 9.17) is 0 Å². The van der Waals surface area contributed by atoms with E-state index in [9.17, 15) is 5.11 Å². The summed E-state index contributed by atoms with van der Waals surface area (Å²) in [6.45, 7) is 4.28. The van der Waals surface area contributed by atoms with Gasteiger partial charge in [0, 0.05) is 11.8 Å². The van der Waals surface area contributed by atoms with Gasteiger partial charge in [-0.25, -0.2) is 0 Å². The number of allylic oxidation sites excluding steroid dienone is 2. The number of aliphatic hydroxyl groups excluding tert-OH is 1. The van der Waals surface area contributed by atoms with Crippen LogP contribution in [0.5, 0.6) is 0 Å². The molecule has 60 valence electrons. The molecule has 1 N–H and O–H groups in total. The molecule has 0 spiro atoms. The van der Waals surface area contributed by atoms with Gasteiger partial charge < -0.3 is 5.11 Å². The highest BCUT2D eigenvalue weighted by molar-refractivity contribution is 5.36. The van der Waals surface area contributed by atoms with Crippen LogP contribution in [0, 0.1) is 11.8 Å². The van der Waals surface area contributed by atoms with Crippen LogP contribution in [0.15, 0.2) is 23.3 Å². The molecule has 2 aliphatic rings. The molecule has 2 aliphatic carbocycles. The van der Waals surface area contributed by atoms with E-state index >= 15 is 0 Å². The Kier molecular flexibility index (Phi) is 1.43. The van der Waals surface area contributed by atoms with E-state index in [1.165, 1.54) is 11.1 Å². The summed E-state index contributed by atoms with van der Waals surface area (Å²) >= 11 is 0. The summed E-state index contributed by atoms with van der Waals surface area (Å²) in [4.78, 5) is 0. The minimum atomic E-state index is -0.102. The Balaban J connectivity index is 2.39. The van der Waals surface area contributed by atoms with Crippen molar-refractivity contribution in [1.29, 1.82) is 0 Å². The van der Waals surface area contributed by atoms with E-state index in [0.29, 0.717) is 11.8 Å². The first kappa shape index (κ1) is 7.11. The highest BCUT2D eigenvalue weighted by Crippen LogP contribution is 2.45. The summed E-state index contributed by atoms with van der Waals surface area (Å²) in [5.74, 6) is 0.907. The Morgan fingerprint density at radius 2 is 2.18 bits per heavy atom. The molecular weight excluding hydrogens is 136 g/mol. The molecule has 0 aliphatic heterocycles. The SMILES string of the molecule is CC(C)=C1[C@@H]2C=C[C@@H]1[C@@H](O)C2. The fourth-order valence-corrected chi connectivity index (χ4v) is 2.36. The molecule has 0 saturated heterocycles. The maximum absolute atomic E-state index is 9.55. The minimum absolute atomic E-state index is 0.102. The fraction of sp³-hybridized carbons (Fsp3) is 0.600. The lowest BCUT2D eigenvalue weighted by Crippen LogP contribution is -2.12. The van der Waals surface area contributed by atoms with Gasteiger partial charge in [0.1, 0.15) is 0 Å². The molecule has 0 amide bonds. The van der Waals surface area contributed by atoms with Gasteiger partial charge in [0.05, 0.1) is 6.10 Å². The summed E-state index contributed by atoms with van der Waals surface area (Å²) in [7, 11) is 0. The molecule has 0 aromatic rings. The van der Waals surface area contributed by atoms with E-state index in [2.05, 4.69) is 26.0 Å². The lowest BCUT2D eigenvalue weighted by atomic mass is 9.99. The van der Waals surface area contributed by atoms with Crippen molar-refractivity contribution in [2.75, 3.05) is 0 Å². The van der Waals surface area contributed by atoms with Crippen LogP contribution < -0.4 is 0 Å². The zero-order chi connectivity index (χ0) is 8.01. The molecule has 0 aromatic heterocycles. The van der Waals surface area contributed by atoms with Crippen molar-refractivity contribution in [2.24, 2.45) is 11.8 Å². The lowest BCUT2D eigenvalue weighted by molar-refractivity contribution is 0.152. The molecular formula is C10H14O. The predicted molar refractivity (Wildman–Crippen MR) is 45.1 cm³/mol. The topological polar surface area (TPSA) is 20.2 Å². The van der Waals surface area contributed by atoms with Crippen molar-refractivity contribution in [3.8, 4) is 0 Å². The van der Waals surface area contributed by atoms with Gasteiger partial charge in [0.15, 0.2) is 0 Å². The van der Waals surface area contributed by atoms with Gasteiger partial charge in [0.25, 0.3) is 0 Å². The molecule has 11 heavy (non-hydrogen) atoms. The monoisotopic (exact) mass is 150 g/mol. The van der Waals surface area contributed by atoms with Gasteiger partial charge in [-0.05, 0) is 20.3 Å². The Hall–Kier alpha value is -0.560. The van der Waals surface area contributed by atoms with Gasteiger partial charge in [-0.1, -0.05) is 23.3 Å². The smallest absolute Gasteiger partial charge is 0.0649 e. The standard InChI is InChI=1S/C10H14O/c1-6(2)10-7-3-4-8(10)9(11)5-7/h3-4,7-9,11H,5H2,1-2H3/t7-,8-,9+/m1/s1. The summed E-state index contributed by atoms with van der Waals surface area (Å²) in [6, 6.07) is 0. The van der Waals surface area contributed by atoms with E-state index < -0.39 is 0 Å². The average Bonchev–Trinajstić information content (AvgIpc) is 2.41. The van der Waals surface area contributed by atoms with Crippen molar-refractivity contribution >= 4 is 0 Å². The van der Waals surface area contributed by atoms with Crippen molar-refractivity contribution in [2.45, 2.75) is 26.4 Å². The van der Waals surface area contributed by atoms with Gasteiger partial charge in [-0.3, -0.25) is 0 Å². The minimum Gasteiger partial charge on any atom is -0.392 e. The van der Waals surface area contributed by atoms with Gasteiger partial charge in [-0.2, -0.15) is 0 Å². The zero-order valence-electron chi connectivity index (χ0n) is 7.04. The van der Waals surface area contributed by atoms with E-state index in [1.54, 1.807) is 0 Å². The molecule has 0 unspecified atom stereocenters. The highest BCUT2D eigenvalue weighted by Gasteiger charge is 2.39. The molecule has 0 aromatic carbocycles. The molecule has 1 heteroatoms. The molecule has 1 fully saturated rings. The summed E-state index contributed by atoms with van der Waals surface area (Å²) < 4.78 is 0. The first-order valence-corrected chi connectivity index (χ1v) is 4.24.